The Labute approximate surface area is 176 Å². The van der Waals surface area contributed by atoms with Gasteiger partial charge in [-0.15, -0.1) is 0 Å². The van der Waals surface area contributed by atoms with Gasteiger partial charge in [-0.1, -0.05) is 86.0 Å². The maximum absolute atomic E-state index is 11.2. The first kappa shape index (κ1) is 20.8. The molecule has 0 fully saturated rings. The van der Waals surface area contributed by atoms with E-state index in [1.807, 2.05) is 60.7 Å². The van der Waals surface area contributed by atoms with Crippen LogP contribution < -0.4 is 0 Å². The van der Waals surface area contributed by atoms with E-state index >= 15 is 0 Å². The molecule has 0 aliphatic heterocycles. The molecule has 30 heavy (non-hydrogen) atoms. The number of ether oxygens (including phenoxy) is 2. The molecule has 0 saturated carbocycles. The molecule has 3 aromatic carbocycles. The third-order valence-corrected chi connectivity index (χ3v) is 4.55. The molecule has 0 aliphatic rings. The topological polar surface area (TPSA) is 52.6 Å². The number of carbonyl (C=O) groups is 2. The van der Waals surface area contributed by atoms with Gasteiger partial charge in [0.2, 0.25) is 0 Å². The van der Waals surface area contributed by atoms with Crippen LogP contribution in [-0.4, -0.2) is 11.9 Å². The lowest BCUT2D eigenvalue weighted by molar-refractivity contribution is -0.139. The minimum atomic E-state index is -0.438. The third kappa shape index (κ3) is 5.32. The van der Waals surface area contributed by atoms with Gasteiger partial charge in [-0.3, -0.25) is 0 Å². The molecule has 3 aromatic rings. The lowest BCUT2D eigenvalue weighted by Gasteiger charge is -2.12. The van der Waals surface area contributed by atoms with Gasteiger partial charge in [0.15, 0.2) is 0 Å². The SMILES string of the molecule is C=CC(=O)OCc1ccc(-c2ccccc2-c2ccc(COC(=O)C=C)cc2)cc1. The first-order chi connectivity index (χ1) is 14.6. The maximum atomic E-state index is 11.2. The van der Waals surface area contributed by atoms with Gasteiger partial charge in [0.25, 0.3) is 0 Å². The Balaban J connectivity index is 1.79. The van der Waals surface area contributed by atoms with Crippen molar-refractivity contribution in [2.24, 2.45) is 0 Å². The Morgan fingerprint density at radius 3 is 1.33 bits per heavy atom. The summed E-state index contributed by atoms with van der Waals surface area (Å²) in [5.41, 5.74) is 6.13. The molecule has 0 spiro atoms. The lowest BCUT2D eigenvalue weighted by atomic mass is 9.94. The van der Waals surface area contributed by atoms with E-state index in [1.165, 1.54) is 0 Å². The Morgan fingerprint density at radius 1 is 0.633 bits per heavy atom. The summed E-state index contributed by atoms with van der Waals surface area (Å²) < 4.78 is 10.2. The zero-order valence-electron chi connectivity index (χ0n) is 16.5. The average molecular weight is 398 g/mol. The highest BCUT2D eigenvalue weighted by Gasteiger charge is 2.08. The zero-order valence-corrected chi connectivity index (χ0v) is 16.5. The van der Waals surface area contributed by atoms with Crippen molar-refractivity contribution in [3.63, 3.8) is 0 Å². The van der Waals surface area contributed by atoms with E-state index in [0.29, 0.717) is 0 Å². The van der Waals surface area contributed by atoms with Crippen LogP contribution in [0.3, 0.4) is 0 Å². The summed E-state index contributed by atoms with van der Waals surface area (Å²) in [5.74, 6) is -0.876. The predicted octanol–water partition coefficient (Wildman–Crippen LogP) is 5.48. The van der Waals surface area contributed by atoms with Gasteiger partial charge < -0.3 is 9.47 Å². The standard InChI is InChI=1S/C26H22O4/c1-3-25(27)29-17-19-9-13-21(14-10-19)23-7-5-6-8-24(23)22-15-11-20(12-16-22)18-30-26(28)4-2/h3-16H,1-2,17-18H2. The highest BCUT2D eigenvalue weighted by atomic mass is 16.5. The highest BCUT2D eigenvalue weighted by molar-refractivity contribution is 5.84. The van der Waals surface area contributed by atoms with E-state index in [4.69, 9.17) is 9.47 Å². The molecule has 0 bridgehead atoms. The van der Waals surface area contributed by atoms with E-state index < -0.39 is 11.9 Å². The fourth-order valence-corrected chi connectivity index (χ4v) is 2.97. The molecule has 0 radical (unpaired) electrons. The van der Waals surface area contributed by atoms with Gasteiger partial charge in [0.05, 0.1) is 0 Å². The Hall–Kier alpha value is -3.92. The summed E-state index contributed by atoms with van der Waals surface area (Å²) >= 11 is 0. The first-order valence-corrected chi connectivity index (χ1v) is 9.46. The van der Waals surface area contributed by atoms with Crippen molar-refractivity contribution >= 4 is 11.9 Å². The largest absolute Gasteiger partial charge is 0.458 e. The van der Waals surface area contributed by atoms with Gasteiger partial charge in [0.1, 0.15) is 13.2 Å². The van der Waals surface area contributed by atoms with Crippen LogP contribution in [0, 0.1) is 0 Å². The van der Waals surface area contributed by atoms with Crippen LogP contribution in [0.2, 0.25) is 0 Å². The second kappa shape index (κ2) is 10.0. The highest BCUT2D eigenvalue weighted by Crippen LogP contribution is 2.32. The first-order valence-electron chi connectivity index (χ1n) is 9.46. The molecule has 0 saturated heterocycles. The lowest BCUT2D eigenvalue weighted by Crippen LogP contribution is -2.00. The van der Waals surface area contributed by atoms with E-state index in [-0.39, 0.29) is 13.2 Å². The monoisotopic (exact) mass is 398 g/mol. The summed E-state index contributed by atoms with van der Waals surface area (Å²) in [6.07, 6.45) is 2.30. The predicted molar refractivity (Wildman–Crippen MR) is 117 cm³/mol. The smallest absolute Gasteiger partial charge is 0.330 e. The number of rotatable bonds is 8. The van der Waals surface area contributed by atoms with Crippen molar-refractivity contribution in [1.82, 2.24) is 0 Å². The number of esters is 2. The third-order valence-electron chi connectivity index (χ3n) is 4.55. The summed E-state index contributed by atoms with van der Waals surface area (Å²) in [6.45, 7) is 7.21. The van der Waals surface area contributed by atoms with Crippen LogP contribution in [0.15, 0.2) is 98.1 Å². The molecule has 0 aromatic heterocycles. The second-order valence-electron chi connectivity index (χ2n) is 6.56. The molecule has 0 unspecified atom stereocenters. The van der Waals surface area contributed by atoms with Crippen molar-refractivity contribution < 1.29 is 19.1 Å². The molecule has 0 amide bonds. The summed E-state index contributed by atoms with van der Waals surface area (Å²) in [7, 11) is 0. The average Bonchev–Trinajstić information content (AvgIpc) is 2.81. The van der Waals surface area contributed by atoms with Crippen LogP contribution >= 0.6 is 0 Å². The summed E-state index contributed by atoms with van der Waals surface area (Å²) in [4.78, 5) is 22.4. The second-order valence-corrected chi connectivity index (χ2v) is 6.56. The summed E-state index contributed by atoms with van der Waals surface area (Å²) in [6, 6.07) is 24.0. The minimum absolute atomic E-state index is 0.213. The van der Waals surface area contributed by atoms with Crippen molar-refractivity contribution in [3.8, 4) is 22.3 Å². The fraction of sp³-hybridized carbons (Fsp3) is 0.0769. The molecule has 4 nitrogen and oxygen atoms in total. The fourth-order valence-electron chi connectivity index (χ4n) is 2.97. The summed E-state index contributed by atoms with van der Waals surface area (Å²) in [5, 5.41) is 0. The number of hydrogen-bond acceptors (Lipinski definition) is 4. The van der Waals surface area contributed by atoms with Crippen LogP contribution in [0.5, 0.6) is 0 Å². The quantitative estimate of drug-likeness (QED) is 0.372. The van der Waals surface area contributed by atoms with Crippen molar-refractivity contribution in [2.75, 3.05) is 0 Å². The zero-order chi connectivity index (χ0) is 21.3. The van der Waals surface area contributed by atoms with Crippen LogP contribution in [0.4, 0.5) is 0 Å². The van der Waals surface area contributed by atoms with Crippen LogP contribution in [0.1, 0.15) is 11.1 Å². The molecular weight excluding hydrogens is 376 g/mol. The Morgan fingerprint density at radius 2 is 1.00 bits per heavy atom. The normalized spacial score (nSPS) is 10.1. The van der Waals surface area contributed by atoms with Crippen molar-refractivity contribution in [1.29, 1.82) is 0 Å². The van der Waals surface area contributed by atoms with Gasteiger partial charge >= 0.3 is 11.9 Å². The Bertz CT molecular complexity index is 961. The van der Waals surface area contributed by atoms with Crippen molar-refractivity contribution in [3.05, 3.63) is 109 Å². The van der Waals surface area contributed by atoms with Crippen molar-refractivity contribution in [2.45, 2.75) is 13.2 Å². The van der Waals surface area contributed by atoms with Gasteiger partial charge in [-0.05, 0) is 33.4 Å². The number of carbonyl (C=O) groups excluding carboxylic acids is 2. The maximum Gasteiger partial charge on any atom is 0.330 e. The van der Waals surface area contributed by atoms with E-state index in [0.717, 1.165) is 45.5 Å². The van der Waals surface area contributed by atoms with Gasteiger partial charge in [0, 0.05) is 12.2 Å². The van der Waals surface area contributed by atoms with Crippen LogP contribution in [-0.2, 0) is 32.3 Å². The molecule has 0 heterocycles. The van der Waals surface area contributed by atoms with Crippen LogP contribution in [0.25, 0.3) is 22.3 Å². The molecule has 3 rings (SSSR count). The van der Waals surface area contributed by atoms with E-state index in [1.54, 1.807) is 0 Å². The molecule has 0 atom stereocenters. The molecular formula is C26H22O4. The Kier molecular flexibility index (Phi) is 6.95. The van der Waals surface area contributed by atoms with Gasteiger partial charge in [-0.25, -0.2) is 9.59 Å². The molecule has 4 heteroatoms. The number of hydrogen-bond donors (Lipinski definition) is 0. The minimum Gasteiger partial charge on any atom is -0.458 e. The molecule has 0 N–H and O–H groups in total. The van der Waals surface area contributed by atoms with Gasteiger partial charge in [-0.2, -0.15) is 0 Å². The van der Waals surface area contributed by atoms with E-state index in [9.17, 15) is 9.59 Å². The molecule has 0 aliphatic carbocycles. The number of benzene rings is 3. The molecule has 150 valence electrons. The van der Waals surface area contributed by atoms with E-state index in [2.05, 4.69) is 25.3 Å².